The molecule has 10 nitrogen and oxygen atoms in total. The molecule has 0 unspecified atom stereocenters. The molecular weight excluding hydrogens is 326 g/mol. The first kappa shape index (κ1) is 20.6. The molecule has 1 rings (SSSR count). The maximum Gasteiger partial charge on any atom is 0.246 e. The first-order chi connectivity index (χ1) is 12.0. The Morgan fingerprint density at radius 3 is 2.56 bits per heavy atom. The van der Waals surface area contributed by atoms with Crippen LogP contribution >= 0.6 is 0 Å². The summed E-state index contributed by atoms with van der Waals surface area (Å²) in [4.78, 5) is 35.4. The Kier molecular flexibility index (Phi) is 9.15. The first-order valence-electron chi connectivity index (χ1n) is 8.43. The smallest absolute Gasteiger partial charge is 0.246 e. The van der Waals surface area contributed by atoms with Gasteiger partial charge in [0.2, 0.25) is 24.2 Å². The van der Waals surface area contributed by atoms with Gasteiger partial charge in [-0.15, -0.1) is 0 Å². The van der Waals surface area contributed by atoms with Crippen molar-refractivity contribution in [3.63, 3.8) is 0 Å². The first-order valence-corrected chi connectivity index (χ1v) is 8.43. The lowest BCUT2D eigenvalue weighted by Crippen LogP contribution is -2.40. The SMILES string of the molecule is CCCCC[C@H](CN(O)C=O)C(=O)NNc1nc(CC)nc(NC)n1. The van der Waals surface area contributed by atoms with Gasteiger partial charge in [-0.25, -0.2) is 5.06 Å². The third kappa shape index (κ3) is 7.29. The van der Waals surface area contributed by atoms with Crippen molar-refractivity contribution in [2.24, 2.45) is 5.92 Å². The Labute approximate surface area is 147 Å². The molecule has 0 aliphatic rings. The van der Waals surface area contributed by atoms with E-state index >= 15 is 0 Å². The minimum absolute atomic E-state index is 0.0695. The average molecular weight is 353 g/mol. The van der Waals surface area contributed by atoms with Gasteiger partial charge in [0.25, 0.3) is 0 Å². The third-order valence-electron chi connectivity index (χ3n) is 3.58. The van der Waals surface area contributed by atoms with Gasteiger partial charge >= 0.3 is 0 Å². The van der Waals surface area contributed by atoms with Crippen LogP contribution in [-0.2, 0) is 16.0 Å². The lowest BCUT2D eigenvalue weighted by molar-refractivity contribution is -0.154. The maximum atomic E-state index is 12.4. The van der Waals surface area contributed by atoms with E-state index in [4.69, 9.17) is 0 Å². The van der Waals surface area contributed by atoms with Crippen LogP contribution in [0, 0.1) is 5.92 Å². The number of aromatic nitrogens is 3. The van der Waals surface area contributed by atoms with Gasteiger partial charge < -0.3 is 5.32 Å². The molecule has 1 heterocycles. The molecule has 0 aliphatic carbocycles. The van der Waals surface area contributed by atoms with Gasteiger partial charge in [0.15, 0.2) is 0 Å². The van der Waals surface area contributed by atoms with Gasteiger partial charge in [0.05, 0.1) is 12.5 Å². The number of hydrogen-bond acceptors (Lipinski definition) is 8. The zero-order valence-electron chi connectivity index (χ0n) is 14.9. The summed E-state index contributed by atoms with van der Waals surface area (Å²) >= 11 is 0. The highest BCUT2D eigenvalue weighted by molar-refractivity contribution is 5.80. The number of hydrazine groups is 1. The van der Waals surface area contributed by atoms with E-state index in [1.807, 2.05) is 6.92 Å². The largest absolute Gasteiger partial charge is 0.357 e. The zero-order chi connectivity index (χ0) is 18.7. The molecule has 0 radical (unpaired) electrons. The molecule has 140 valence electrons. The second-order valence-electron chi connectivity index (χ2n) is 5.54. The number of nitrogens with zero attached hydrogens (tertiary/aromatic N) is 4. The number of hydrogen-bond donors (Lipinski definition) is 4. The van der Waals surface area contributed by atoms with Crippen LogP contribution in [0.3, 0.4) is 0 Å². The Hall–Kier alpha value is -2.49. The Bertz CT molecular complexity index is 534. The Morgan fingerprint density at radius 2 is 1.96 bits per heavy atom. The molecule has 25 heavy (non-hydrogen) atoms. The van der Waals surface area contributed by atoms with E-state index in [-0.39, 0.29) is 24.8 Å². The normalized spacial score (nSPS) is 11.5. The second-order valence-corrected chi connectivity index (χ2v) is 5.54. The number of unbranched alkanes of at least 4 members (excludes halogenated alkanes) is 2. The van der Waals surface area contributed by atoms with E-state index < -0.39 is 5.92 Å². The lowest BCUT2D eigenvalue weighted by Gasteiger charge is -2.19. The van der Waals surface area contributed by atoms with Crippen molar-refractivity contribution in [1.82, 2.24) is 25.4 Å². The summed E-state index contributed by atoms with van der Waals surface area (Å²) in [6.45, 7) is 3.90. The van der Waals surface area contributed by atoms with Crippen LogP contribution in [0.2, 0.25) is 0 Å². The van der Waals surface area contributed by atoms with Gasteiger partial charge in [0, 0.05) is 13.5 Å². The summed E-state index contributed by atoms with van der Waals surface area (Å²) < 4.78 is 0. The lowest BCUT2D eigenvalue weighted by atomic mass is 10.0. The standard InChI is InChI=1S/C15H27N7O3/c1-4-6-7-8-11(9-22(25)10-23)13(24)20-21-15-18-12(5-2)17-14(16-3)19-15/h10-11,25H,4-9H2,1-3H3,(H,20,24)(H2,16,17,18,19,21)/t11-/m1/s1. The molecule has 0 aliphatic heterocycles. The summed E-state index contributed by atoms with van der Waals surface area (Å²) in [6.07, 6.45) is 4.29. The number of aryl methyl sites for hydroxylation is 1. The molecule has 0 bridgehead atoms. The molecule has 0 spiro atoms. The molecule has 1 atom stereocenters. The number of carbonyl (C=O) groups excluding carboxylic acids is 2. The Morgan fingerprint density at radius 1 is 1.24 bits per heavy atom. The van der Waals surface area contributed by atoms with E-state index in [1.54, 1.807) is 7.05 Å². The molecule has 0 fully saturated rings. The van der Waals surface area contributed by atoms with E-state index in [0.717, 1.165) is 19.3 Å². The summed E-state index contributed by atoms with van der Waals surface area (Å²) in [7, 11) is 1.69. The van der Waals surface area contributed by atoms with Crippen molar-refractivity contribution < 1.29 is 14.8 Å². The van der Waals surface area contributed by atoms with Crippen molar-refractivity contribution in [1.29, 1.82) is 0 Å². The van der Waals surface area contributed by atoms with Gasteiger partial charge in [-0.05, 0) is 6.42 Å². The van der Waals surface area contributed by atoms with Crippen LogP contribution in [0.25, 0.3) is 0 Å². The van der Waals surface area contributed by atoms with Gasteiger partial charge in [-0.1, -0.05) is 33.1 Å². The monoisotopic (exact) mass is 353 g/mol. The van der Waals surface area contributed by atoms with E-state index in [0.29, 0.717) is 29.7 Å². The minimum Gasteiger partial charge on any atom is -0.357 e. The molecule has 4 N–H and O–H groups in total. The third-order valence-corrected chi connectivity index (χ3v) is 3.58. The van der Waals surface area contributed by atoms with E-state index in [9.17, 15) is 14.8 Å². The van der Waals surface area contributed by atoms with Gasteiger partial charge in [0.1, 0.15) is 5.82 Å². The van der Waals surface area contributed by atoms with Crippen molar-refractivity contribution in [3.8, 4) is 0 Å². The predicted molar refractivity (Wildman–Crippen MR) is 92.7 cm³/mol. The molecule has 0 saturated carbocycles. The molecule has 1 aromatic rings. The van der Waals surface area contributed by atoms with Crippen molar-refractivity contribution >= 4 is 24.2 Å². The highest BCUT2D eigenvalue weighted by Gasteiger charge is 2.21. The molecule has 0 saturated heterocycles. The predicted octanol–water partition coefficient (Wildman–Crippen LogP) is 0.963. The van der Waals surface area contributed by atoms with Crippen molar-refractivity contribution in [3.05, 3.63) is 5.82 Å². The van der Waals surface area contributed by atoms with Crippen LogP contribution in [0.15, 0.2) is 0 Å². The van der Waals surface area contributed by atoms with Crippen LogP contribution in [-0.4, -0.2) is 51.1 Å². The van der Waals surface area contributed by atoms with Crippen LogP contribution in [0.1, 0.15) is 45.4 Å². The van der Waals surface area contributed by atoms with Crippen molar-refractivity contribution in [2.45, 2.75) is 46.0 Å². The van der Waals surface area contributed by atoms with Crippen LogP contribution in [0.5, 0.6) is 0 Å². The molecule has 10 heteroatoms. The van der Waals surface area contributed by atoms with Gasteiger partial charge in [-0.2, -0.15) is 15.0 Å². The highest BCUT2D eigenvalue weighted by atomic mass is 16.5. The molecule has 1 aromatic heterocycles. The Balaban J connectivity index is 2.70. The average Bonchev–Trinajstić information content (AvgIpc) is 2.64. The number of amides is 2. The fourth-order valence-corrected chi connectivity index (χ4v) is 2.18. The molecule has 0 aromatic carbocycles. The number of nitrogens with one attached hydrogen (secondary N) is 3. The fourth-order valence-electron chi connectivity index (χ4n) is 2.18. The van der Waals surface area contributed by atoms with Crippen molar-refractivity contribution in [2.75, 3.05) is 24.3 Å². The zero-order valence-corrected chi connectivity index (χ0v) is 14.9. The summed E-state index contributed by atoms with van der Waals surface area (Å²) in [5, 5.41) is 12.7. The van der Waals surface area contributed by atoms with E-state index in [1.165, 1.54) is 0 Å². The summed E-state index contributed by atoms with van der Waals surface area (Å²) in [5.74, 6) is 0.309. The maximum absolute atomic E-state index is 12.4. The number of carbonyl (C=O) groups is 2. The van der Waals surface area contributed by atoms with E-state index in [2.05, 4.69) is 38.0 Å². The highest BCUT2D eigenvalue weighted by Crippen LogP contribution is 2.12. The van der Waals surface area contributed by atoms with Gasteiger partial charge in [-0.3, -0.25) is 25.6 Å². The molecule has 2 amide bonds. The molecular formula is C15H27N7O3. The number of rotatable bonds is 12. The van der Waals surface area contributed by atoms with Crippen LogP contribution < -0.4 is 16.2 Å². The second kappa shape index (κ2) is 11.1. The topological polar surface area (TPSA) is 132 Å². The minimum atomic E-state index is -0.537. The quantitative estimate of drug-likeness (QED) is 0.189. The fraction of sp³-hybridized carbons (Fsp3) is 0.667. The number of hydroxylamine groups is 2. The summed E-state index contributed by atoms with van der Waals surface area (Å²) in [5.41, 5.74) is 5.20. The van der Waals surface area contributed by atoms with Crippen LogP contribution in [0.4, 0.5) is 11.9 Å². The summed E-state index contributed by atoms with van der Waals surface area (Å²) in [6, 6.07) is 0. The number of anilines is 2.